The lowest BCUT2D eigenvalue weighted by molar-refractivity contribution is 0.0309. The van der Waals surface area contributed by atoms with Crippen molar-refractivity contribution >= 4 is 12.5 Å². The summed E-state index contributed by atoms with van der Waals surface area (Å²) in [6.45, 7) is 7.42. The maximum absolute atomic E-state index is 5.59. The van der Waals surface area contributed by atoms with Gasteiger partial charge in [0.25, 0.3) is 0 Å². The number of hydrogen-bond donors (Lipinski definition) is 6. The maximum atomic E-state index is 5.59. The Labute approximate surface area is 296 Å². The van der Waals surface area contributed by atoms with Crippen LogP contribution in [0.25, 0.3) is 0 Å². The fraction of sp³-hybridized carbons (Fsp3) is 0.390. The van der Waals surface area contributed by atoms with Gasteiger partial charge in [0.05, 0.1) is 30.7 Å². The zero-order chi connectivity index (χ0) is 33.6. The summed E-state index contributed by atoms with van der Waals surface area (Å²) in [6, 6.07) is 44.5. The number of nitrogens with zero attached hydrogens (tertiary/aromatic N) is 2. The summed E-state index contributed by atoms with van der Waals surface area (Å²) in [5.41, 5.74) is 5.08. The molecule has 4 aromatic carbocycles. The molecular formula is C41H47BN8. The number of nitrogens with one attached hydrogen (secondary N) is 6. The second kappa shape index (κ2) is 11.9. The lowest BCUT2D eigenvalue weighted by atomic mass is 9.30. The fourth-order valence-electron chi connectivity index (χ4n) is 10.5. The number of amidine groups is 1. The molecule has 6 aliphatic rings. The smallest absolute Gasteiger partial charge is 0.191 e. The Hall–Kier alpha value is -3.83. The molecular weight excluding hydrogens is 615 g/mol. The predicted molar refractivity (Wildman–Crippen MR) is 200 cm³/mol. The van der Waals surface area contributed by atoms with Crippen LogP contribution in [0.4, 0.5) is 0 Å². The Morgan fingerprint density at radius 3 is 1.78 bits per heavy atom. The highest BCUT2D eigenvalue weighted by atomic mass is 15.5. The minimum Gasteiger partial charge on any atom is -0.334 e. The molecule has 12 unspecified atom stereocenters. The molecule has 6 N–H and O–H groups in total. The zero-order valence-electron chi connectivity index (χ0n) is 28.9. The van der Waals surface area contributed by atoms with Crippen LogP contribution < -0.4 is 31.9 Å². The number of rotatable bonds is 4. The summed E-state index contributed by atoms with van der Waals surface area (Å²) < 4.78 is 0. The average molecular weight is 663 g/mol. The third kappa shape index (κ3) is 4.86. The first kappa shape index (κ1) is 31.0. The molecule has 6 heterocycles. The third-order valence-corrected chi connectivity index (χ3v) is 12.5. The van der Waals surface area contributed by atoms with E-state index in [-0.39, 0.29) is 66.3 Å². The molecule has 0 amide bonds. The van der Waals surface area contributed by atoms with Crippen molar-refractivity contribution in [2.24, 2.45) is 16.3 Å². The van der Waals surface area contributed by atoms with Crippen LogP contribution >= 0.6 is 0 Å². The quantitative estimate of drug-likeness (QED) is 0.179. The van der Waals surface area contributed by atoms with Crippen LogP contribution in [0.2, 0.25) is 5.82 Å². The normalized spacial score (nSPS) is 37.1. The van der Waals surface area contributed by atoms with Gasteiger partial charge in [-0.2, -0.15) is 0 Å². The Kier molecular flexibility index (Phi) is 7.35. The van der Waals surface area contributed by atoms with Gasteiger partial charge in [0.1, 0.15) is 12.0 Å². The van der Waals surface area contributed by atoms with Crippen LogP contribution in [-0.4, -0.2) is 59.9 Å². The molecule has 50 heavy (non-hydrogen) atoms. The summed E-state index contributed by atoms with van der Waals surface area (Å²) in [5, 5.41) is 25.2. The minimum absolute atomic E-state index is 0.000567. The van der Waals surface area contributed by atoms with Crippen molar-refractivity contribution in [2.45, 2.75) is 87.4 Å². The highest BCUT2D eigenvalue weighted by molar-refractivity contribution is 6.66. The van der Waals surface area contributed by atoms with Crippen molar-refractivity contribution in [1.29, 1.82) is 0 Å². The molecule has 4 aromatic rings. The molecule has 5 fully saturated rings. The fourth-order valence-corrected chi connectivity index (χ4v) is 10.5. The van der Waals surface area contributed by atoms with Gasteiger partial charge in [0.2, 0.25) is 0 Å². The van der Waals surface area contributed by atoms with Crippen LogP contribution in [0.15, 0.2) is 126 Å². The van der Waals surface area contributed by atoms with E-state index in [2.05, 4.69) is 179 Å². The summed E-state index contributed by atoms with van der Waals surface area (Å²) in [6.07, 6.45) is 0.247. The van der Waals surface area contributed by atoms with Crippen molar-refractivity contribution in [2.75, 3.05) is 0 Å². The number of fused-ring (bicyclic) bond motifs is 5. The molecule has 0 radical (unpaired) electrons. The maximum Gasteiger partial charge on any atom is 0.191 e. The van der Waals surface area contributed by atoms with E-state index in [1.165, 1.54) is 22.3 Å². The standard InChI is InChI=1S/C41H47BN8/c1-41(2,3)40-44-31-28-30(24-16-8-4-9-17-24)43-35(25-18-10-5-11-19-25)45-33(28)42-29(31)39(49-40)50-32-34(42)46-36(26-20-12-6-13-21-26)47-37(32)48-38(50)27-22-14-7-15-23-27/h4-23,28-37,39-40,43-47,49H,1-3H3. The van der Waals surface area contributed by atoms with Crippen molar-refractivity contribution < 1.29 is 0 Å². The molecule has 8 nitrogen and oxygen atoms in total. The first-order valence-corrected chi connectivity index (χ1v) is 18.6. The third-order valence-electron chi connectivity index (χ3n) is 12.5. The average Bonchev–Trinajstić information content (AvgIpc) is 3.72. The largest absolute Gasteiger partial charge is 0.334 e. The molecule has 0 bridgehead atoms. The van der Waals surface area contributed by atoms with E-state index in [4.69, 9.17) is 4.99 Å². The first-order chi connectivity index (χ1) is 24.4. The van der Waals surface area contributed by atoms with E-state index in [0.717, 1.165) is 5.84 Å². The molecule has 0 aromatic heterocycles. The number of hydrogen-bond acceptors (Lipinski definition) is 8. The van der Waals surface area contributed by atoms with Crippen molar-refractivity contribution in [3.8, 4) is 0 Å². The molecule has 6 aliphatic heterocycles. The van der Waals surface area contributed by atoms with Gasteiger partial charge in [-0.15, -0.1) is 0 Å². The van der Waals surface area contributed by atoms with Gasteiger partial charge in [-0.05, 0) is 33.9 Å². The minimum atomic E-state index is -0.0403. The summed E-state index contributed by atoms with van der Waals surface area (Å²) in [7, 11) is 0. The van der Waals surface area contributed by atoms with E-state index in [0.29, 0.717) is 18.4 Å². The number of benzene rings is 4. The Balaban J connectivity index is 1.15. The van der Waals surface area contributed by atoms with Gasteiger partial charge in [-0.1, -0.05) is 142 Å². The molecule has 0 saturated carbocycles. The van der Waals surface area contributed by atoms with Gasteiger partial charge in [-0.25, -0.2) is 4.99 Å². The zero-order valence-corrected chi connectivity index (χ0v) is 28.9. The molecule has 5 saturated heterocycles. The second-order valence-corrected chi connectivity index (χ2v) is 16.3. The summed E-state index contributed by atoms with van der Waals surface area (Å²) >= 11 is 0. The van der Waals surface area contributed by atoms with Gasteiger partial charge in [0, 0.05) is 29.5 Å². The highest BCUT2D eigenvalue weighted by Crippen LogP contribution is 2.55. The SMILES string of the molecule is CC(C)(C)C1NC2C3B(C4NC(c5ccccc5)NC(c5ccccc5)C42)C2NC(c4ccccc4)NC4N=C(c5ccccc5)N(C3N1)C42. The lowest BCUT2D eigenvalue weighted by Gasteiger charge is -2.59. The second-order valence-electron chi connectivity index (χ2n) is 16.3. The molecule has 12 atom stereocenters. The van der Waals surface area contributed by atoms with Crippen molar-refractivity contribution in [3.63, 3.8) is 0 Å². The monoisotopic (exact) mass is 662 g/mol. The van der Waals surface area contributed by atoms with E-state index >= 15 is 0 Å². The molecule has 0 aliphatic carbocycles. The van der Waals surface area contributed by atoms with Gasteiger partial charge in [0.15, 0.2) is 6.71 Å². The molecule has 9 heteroatoms. The van der Waals surface area contributed by atoms with E-state index in [1.807, 2.05) is 0 Å². The number of aliphatic imine (C=N–C) groups is 1. The Morgan fingerprint density at radius 2 is 1.16 bits per heavy atom. The van der Waals surface area contributed by atoms with Gasteiger partial charge < -0.3 is 15.5 Å². The highest BCUT2D eigenvalue weighted by Gasteiger charge is 2.70. The van der Waals surface area contributed by atoms with E-state index < -0.39 is 0 Å². The van der Waals surface area contributed by atoms with Crippen molar-refractivity contribution in [3.05, 3.63) is 144 Å². The van der Waals surface area contributed by atoms with E-state index in [1.54, 1.807) is 0 Å². The van der Waals surface area contributed by atoms with Crippen LogP contribution in [0.3, 0.4) is 0 Å². The predicted octanol–water partition coefficient (Wildman–Crippen LogP) is 4.55. The Morgan fingerprint density at radius 1 is 0.600 bits per heavy atom. The van der Waals surface area contributed by atoms with Crippen LogP contribution in [0.1, 0.15) is 61.4 Å². The first-order valence-electron chi connectivity index (χ1n) is 18.6. The van der Waals surface area contributed by atoms with Crippen LogP contribution in [-0.2, 0) is 0 Å². The van der Waals surface area contributed by atoms with E-state index in [9.17, 15) is 0 Å². The van der Waals surface area contributed by atoms with Gasteiger partial charge in [-0.3, -0.25) is 21.3 Å². The molecule has 0 spiro atoms. The topological polar surface area (TPSA) is 87.8 Å². The van der Waals surface area contributed by atoms with Gasteiger partial charge >= 0.3 is 0 Å². The summed E-state index contributed by atoms with van der Waals surface area (Å²) in [4.78, 5) is 8.28. The molecule has 10 rings (SSSR count). The summed E-state index contributed by atoms with van der Waals surface area (Å²) in [5.74, 6) is 2.20. The Bertz CT molecular complexity index is 1850. The van der Waals surface area contributed by atoms with Crippen molar-refractivity contribution in [1.82, 2.24) is 36.8 Å². The lowest BCUT2D eigenvalue weighted by Crippen LogP contribution is -2.81. The molecule has 254 valence electrons. The van der Waals surface area contributed by atoms with Crippen LogP contribution in [0.5, 0.6) is 0 Å². The van der Waals surface area contributed by atoms with Crippen LogP contribution in [0, 0.1) is 11.3 Å².